The van der Waals surface area contributed by atoms with Crippen LogP contribution >= 0.6 is 0 Å². The predicted molar refractivity (Wildman–Crippen MR) is 51.9 cm³/mol. The van der Waals surface area contributed by atoms with Gasteiger partial charge in [0.2, 0.25) is 0 Å². The lowest BCUT2D eigenvalue weighted by Crippen LogP contribution is -1.95. The normalized spacial score (nSPS) is 6.31. The Morgan fingerprint density at radius 1 is 1.38 bits per heavy atom. The van der Waals surface area contributed by atoms with Crippen molar-refractivity contribution in [2.45, 2.75) is 33.8 Å². The number of aliphatic hydroxyl groups excluding tert-OH is 1. The summed E-state index contributed by atoms with van der Waals surface area (Å²) in [7, 11) is 0. The average molecular weight is 201 g/mol. The number of ether oxygens (including phenoxy) is 1. The van der Waals surface area contributed by atoms with E-state index in [1.807, 2.05) is 0 Å². The maximum absolute atomic E-state index is 9.82. The lowest BCUT2D eigenvalue weighted by Gasteiger charge is -1.89. The molecule has 0 aliphatic heterocycles. The van der Waals surface area contributed by atoms with Gasteiger partial charge in [-0.3, -0.25) is 4.79 Å². The van der Waals surface area contributed by atoms with E-state index in [0.29, 0.717) is 6.61 Å². The number of rotatable bonds is 1. The maximum atomic E-state index is 9.82. The molecule has 86 valence electrons. The van der Waals surface area contributed by atoms with Gasteiger partial charge >= 0.3 is 5.97 Å². The summed E-state index contributed by atoms with van der Waals surface area (Å²) in [6.45, 7) is 7.10. The SMILES string of the molecule is CC(C)O.CCOC(C)=O.N.O.O. The quantitative estimate of drug-likeness (QED) is 0.549. The zero-order chi connectivity index (χ0) is 8.57. The summed E-state index contributed by atoms with van der Waals surface area (Å²) in [5, 5.41) is 8.06. The molecular weight excluding hydrogens is 178 g/mol. The monoisotopic (exact) mass is 201 g/mol. The van der Waals surface area contributed by atoms with Gasteiger partial charge in [0.25, 0.3) is 0 Å². The van der Waals surface area contributed by atoms with Crippen LogP contribution in [-0.4, -0.2) is 34.7 Å². The van der Waals surface area contributed by atoms with Crippen molar-refractivity contribution in [1.29, 1.82) is 0 Å². The van der Waals surface area contributed by atoms with Crippen LogP contribution in [0.3, 0.4) is 0 Å². The van der Waals surface area contributed by atoms with E-state index in [-0.39, 0.29) is 29.2 Å². The number of hydrogen-bond donors (Lipinski definition) is 2. The summed E-state index contributed by atoms with van der Waals surface area (Å²) in [6, 6.07) is 0. The van der Waals surface area contributed by atoms with Gasteiger partial charge in [-0.15, -0.1) is 0 Å². The van der Waals surface area contributed by atoms with Gasteiger partial charge in [0.1, 0.15) is 0 Å². The smallest absolute Gasteiger partial charge is 0.302 e. The Hall–Kier alpha value is -0.690. The average Bonchev–Trinajstić information content (AvgIpc) is 1.62. The Labute approximate surface area is 79.1 Å². The molecule has 0 spiro atoms. The molecule has 0 unspecified atom stereocenters. The van der Waals surface area contributed by atoms with Crippen molar-refractivity contribution < 1.29 is 25.6 Å². The number of carbonyl (C=O) groups is 1. The molecule has 6 heteroatoms. The number of aliphatic hydroxyl groups is 1. The third-order valence-electron chi connectivity index (χ3n) is 0.348. The molecular formula is C7H23NO5. The first-order valence-corrected chi connectivity index (χ1v) is 3.32. The largest absolute Gasteiger partial charge is 0.466 e. The highest BCUT2D eigenvalue weighted by molar-refractivity contribution is 5.65. The third kappa shape index (κ3) is 184. The fraction of sp³-hybridized carbons (Fsp3) is 0.857. The van der Waals surface area contributed by atoms with E-state index in [2.05, 4.69) is 4.74 Å². The third-order valence-corrected chi connectivity index (χ3v) is 0.348. The first-order chi connectivity index (χ1) is 4.50. The highest BCUT2D eigenvalue weighted by Gasteiger charge is 1.81. The van der Waals surface area contributed by atoms with Crippen molar-refractivity contribution in [3.8, 4) is 0 Å². The Bertz CT molecular complexity index is 84.2. The number of esters is 1. The summed E-state index contributed by atoms with van der Waals surface area (Å²) in [4.78, 5) is 9.82. The highest BCUT2D eigenvalue weighted by Crippen LogP contribution is 1.69. The second-order valence-corrected chi connectivity index (χ2v) is 2.02. The molecule has 0 bridgehead atoms. The molecule has 0 radical (unpaired) electrons. The van der Waals surface area contributed by atoms with Gasteiger partial charge in [0.05, 0.1) is 6.61 Å². The van der Waals surface area contributed by atoms with Gasteiger partial charge in [-0.1, -0.05) is 0 Å². The summed E-state index contributed by atoms with van der Waals surface area (Å²) >= 11 is 0. The van der Waals surface area contributed by atoms with Crippen LogP contribution in [-0.2, 0) is 9.53 Å². The molecule has 0 aliphatic carbocycles. The maximum Gasteiger partial charge on any atom is 0.302 e. The second-order valence-electron chi connectivity index (χ2n) is 2.02. The van der Waals surface area contributed by atoms with Gasteiger partial charge in [-0.25, -0.2) is 0 Å². The number of hydrogen-bond acceptors (Lipinski definition) is 4. The Balaban J connectivity index is -0.0000000279. The minimum Gasteiger partial charge on any atom is -0.466 e. The van der Waals surface area contributed by atoms with Crippen LogP contribution in [0.4, 0.5) is 0 Å². The second kappa shape index (κ2) is 22.5. The summed E-state index contributed by atoms with van der Waals surface area (Å²) in [5.41, 5.74) is 0. The summed E-state index contributed by atoms with van der Waals surface area (Å²) < 4.78 is 4.40. The van der Waals surface area contributed by atoms with Crippen molar-refractivity contribution in [2.75, 3.05) is 6.61 Å². The van der Waals surface area contributed by atoms with Crippen molar-refractivity contribution in [3.63, 3.8) is 0 Å². The van der Waals surface area contributed by atoms with E-state index in [9.17, 15) is 4.79 Å². The Morgan fingerprint density at radius 3 is 1.62 bits per heavy atom. The molecule has 0 rings (SSSR count). The zero-order valence-corrected chi connectivity index (χ0v) is 8.76. The molecule has 6 nitrogen and oxygen atoms in total. The van der Waals surface area contributed by atoms with Crippen LogP contribution < -0.4 is 6.15 Å². The van der Waals surface area contributed by atoms with E-state index in [0.717, 1.165) is 0 Å². The molecule has 0 aromatic rings. The minimum atomic E-state index is -0.211. The fourth-order valence-electron chi connectivity index (χ4n) is 0.203. The van der Waals surface area contributed by atoms with Gasteiger partial charge in [0, 0.05) is 13.0 Å². The molecule has 0 saturated carbocycles. The molecule has 0 amide bonds. The minimum absolute atomic E-state index is 0. The van der Waals surface area contributed by atoms with E-state index < -0.39 is 0 Å². The van der Waals surface area contributed by atoms with E-state index in [1.54, 1.807) is 20.8 Å². The van der Waals surface area contributed by atoms with E-state index in [4.69, 9.17) is 5.11 Å². The van der Waals surface area contributed by atoms with Gasteiger partial charge in [-0.2, -0.15) is 0 Å². The van der Waals surface area contributed by atoms with Crippen molar-refractivity contribution in [1.82, 2.24) is 6.15 Å². The van der Waals surface area contributed by atoms with Crippen molar-refractivity contribution in [2.24, 2.45) is 0 Å². The van der Waals surface area contributed by atoms with Crippen LogP contribution in [0.15, 0.2) is 0 Å². The molecule has 13 heavy (non-hydrogen) atoms. The number of carbonyl (C=O) groups excluding carboxylic acids is 1. The lowest BCUT2D eigenvalue weighted by molar-refractivity contribution is -0.140. The van der Waals surface area contributed by atoms with Crippen molar-refractivity contribution in [3.05, 3.63) is 0 Å². The van der Waals surface area contributed by atoms with Gasteiger partial charge < -0.3 is 26.9 Å². The Morgan fingerprint density at radius 2 is 1.62 bits per heavy atom. The molecule has 8 N–H and O–H groups in total. The molecule has 0 aromatic heterocycles. The van der Waals surface area contributed by atoms with Crippen LogP contribution in [0.25, 0.3) is 0 Å². The fourth-order valence-corrected chi connectivity index (χ4v) is 0.203. The van der Waals surface area contributed by atoms with E-state index in [1.165, 1.54) is 6.92 Å². The molecule has 0 saturated heterocycles. The summed E-state index contributed by atoms with van der Waals surface area (Å²) in [5.74, 6) is -0.211. The van der Waals surface area contributed by atoms with Crippen LogP contribution in [0, 0.1) is 0 Å². The Kier molecular flexibility index (Phi) is 51.0. The van der Waals surface area contributed by atoms with E-state index >= 15 is 0 Å². The van der Waals surface area contributed by atoms with Crippen molar-refractivity contribution >= 4 is 5.97 Å². The lowest BCUT2D eigenvalue weighted by atomic mass is 10.5. The first-order valence-electron chi connectivity index (χ1n) is 3.32. The van der Waals surface area contributed by atoms with Crippen LogP contribution in [0.1, 0.15) is 27.7 Å². The van der Waals surface area contributed by atoms with Crippen LogP contribution in [0.2, 0.25) is 0 Å². The predicted octanol–water partition coefficient (Wildman–Crippen LogP) is -0.531. The molecule has 0 aliphatic rings. The van der Waals surface area contributed by atoms with Gasteiger partial charge in [-0.05, 0) is 20.8 Å². The first kappa shape index (κ1) is 29.5. The zero-order valence-electron chi connectivity index (χ0n) is 8.76. The molecule has 0 aromatic carbocycles. The van der Waals surface area contributed by atoms with Gasteiger partial charge in [0.15, 0.2) is 0 Å². The standard InChI is InChI=1S/C4H8O2.C3H8O.H3N.2H2O/c1-3-6-4(2)5;1-3(2)4;;;/h3H2,1-2H3;3-4H,1-2H3;1H3;2*1H2. The highest BCUT2D eigenvalue weighted by atomic mass is 16.5. The molecule has 0 heterocycles. The molecule has 0 fully saturated rings. The molecule has 0 atom stereocenters. The topological polar surface area (TPSA) is 145 Å². The van der Waals surface area contributed by atoms with Crippen LogP contribution in [0.5, 0.6) is 0 Å². The summed E-state index contributed by atoms with van der Waals surface area (Å²) in [6.07, 6.45) is -0.167.